The molecule has 0 atom stereocenters. The minimum atomic E-state index is -0.857. The summed E-state index contributed by atoms with van der Waals surface area (Å²) in [6.45, 7) is 0. The molecule has 2 aromatic rings. The molecular formula is C20H21F2NO. The van der Waals surface area contributed by atoms with Crippen molar-refractivity contribution in [2.45, 2.75) is 38.5 Å². The number of carbonyl (C=O) groups is 1. The van der Waals surface area contributed by atoms with Crippen LogP contribution in [0.3, 0.4) is 0 Å². The Balaban J connectivity index is 1.57. The minimum absolute atomic E-state index is 0.262. The molecule has 24 heavy (non-hydrogen) atoms. The van der Waals surface area contributed by atoms with Gasteiger partial charge in [0.15, 0.2) is 11.6 Å². The molecule has 1 aliphatic carbocycles. The van der Waals surface area contributed by atoms with Gasteiger partial charge in [-0.3, -0.25) is 4.98 Å². The molecule has 0 radical (unpaired) electrons. The fraction of sp³-hybridized carbons (Fsp3) is 0.400. The topological polar surface area (TPSA) is 30.0 Å². The van der Waals surface area contributed by atoms with Crippen molar-refractivity contribution < 1.29 is 13.6 Å². The minimum Gasteiger partial charge on any atom is -0.303 e. The van der Waals surface area contributed by atoms with Gasteiger partial charge >= 0.3 is 0 Å². The van der Waals surface area contributed by atoms with Crippen molar-refractivity contribution in [2.75, 3.05) is 0 Å². The van der Waals surface area contributed by atoms with Gasteiger partial charge < -0.3 is 4.79 Å². The molecule has 1 saturated carbocycles. The molecule has 0 aliphatic heterocycles. The molecule has 1 aromatic heterocycles. The lowest BCUT2D eigenvalue weighted by atomic mass is 9.80. The van der Waals surface area contributed by atoms with E-state index in [2.05, 4.69) is 4.98 Å². The predicted octanol–water partition coefficient (Wildman–Crippen LogP) is 4.96. The first-order chi connectivity index (χ1) is 11.7. The van der Waals surface area contributed by atoms with Gasteiger partial charge in [-0.05, 0) is 74.3 Å². The van der Waals surface area contributed by atoms with Crippen LogP contribution < -0.4 is 0 Å². The van der Waals surface area contributed by atoms with E-state index in [1.54, 1.807) is 0 Å². The molecule has 1 heterocycles. The number of aldehydes is 1. The molecule has 0 unspecified atom stereocenters. The van der Waals surface area contributed by atoms with Gasteiger partial charge in [0.25, 0.3) is 0 Å². The molecule has 0 saturated heterocycles. The first-order valence-electron chi connectivity index (χ1n) is 8.51. The zero-order valence-corrected chi connectivity index (χ0v) is 13.6. The Labute approximate surface area is 140 Å². The van der Waals surface area contributed by atoms with Crippen molar-refractivity contribution >= 4 is 6.29 Å². The first kappa shape index (κ1) is 16.7. The Hall–Kier alpha value is -2.10. The Morgan fingerprint density at radius 3 is 2.46 bits per heavy atom. The molecule has 3 rings (SSSR count). The maximum atomic E-state index is 13.3. The average Bonchev–Trinajstić information content (AvgIpc) is 2.63. The second-order valence-corrected chi connectivity index (χ2v) is 6.64. The van der Waals surface area contributed by atoms with Crippen LogP contribution in [0.1, 0.15) is 37.7 Å². The number of carbonyl (C=O) groups excluding carboxylic acids is 1. The largest absolute Gasteiger partial charge is 0.303 e. The summed E-state index contributed by atoms with van der Waals surface area (Å²) in [5.41, 5.74) is 2.37. The van der Waals surface area contributed by atoms with Gasteiger partial charge in [-0.1, -0.05) is 6.07 Å². The quantitative estimate of drug-likeness (QED) is 0.725. The van der Waals surface area contributed by atoms with Crippen LogP contribution in [0.15, 0.2) is 36.5 Å². The standard InChI is InChI=1S/C20H21F2NO/c21-18-9-8-17(11-19(18)22)20-10-7-15(12-23-20)4-1-14-2-5-16(13-24)6-3-14/h7-14,16H,1-6H2/t14-,16-. The van der Waals surface area contributed by atoms with Crippen LogP contribution in [-0.2, 0) is 11.2 Å². The van der Waals surface area contributed by atoms with E-state index in [1.165, 1.54) is 12.1 Å². The van der Waals surface area contributed by atoms with Crippen LogP contribution in [0, 0.1) is 23.5 Å². The van der Waals surface area contributed by atoms with Crippen LogP contribution in [0.2, 0.25) is 0 Å². The van der Waals surface area contributed by atoms with Gasteiger partial charge in [0, 0.05) is 17.7 Å². The van der Waals surface area contributed by atoms with E-state index in [-0.39, 0.29) is 5.92 Å². The molecule has 1 fully saturated rings. The van der Waals surface area contributed by atoms with E-state index in [0.29, 0.717) is 17.2 Å². The second kappa shape index (κ2) is 7.65. The predicted molar refractivity (Wildman–Crippen MR) is 89.4 cm³/mol. The average molecular weight is 329 g/mol. The summed E-state index contributed by atoms with van der Waals surface area (Å²) in [4.78, 5) is 15.2. The van der Waals surface area contributed by atoms with Crippen LogP contribution in [0.25, 0.3) is 11.3 Å². The number of aryl methyl sites for hydroxylation is 1. The monoisotopic (exact) mass is 329 g/mol. The molecule has 1 aliphatic rings. The molecule has 1 aromatic carbocycles. The van der Waals surface area contributed by atoms with E-state index in [4.69, 9.17) is 0 Å². The zero-order chi connectivity index (χ0) is 16.9. The number of benzene rings is 1. The Morgan fingerprint density at radius 1 is 1.04 bits per heavy atom. The molecule has 4 heteroatoms. The van der Waals surface area contributed by atoms with Gasteiger partial charge in [-0.2, -0.15) is 0 Å². The van der Waals surface area contributed by atoms with Crippen molar-refractivity contribution in [1.82, 2.24) is 4.98 Å². The first-order valence-corrected chi connectivity index (χ1v) is 8.51. The van der Waals surface area contributed by atoms with Crippen LogP contribution in [-0.4, -0.2) is 11.3 Å². The molecule has 126 valence electrons. The van der Waals surface area contributed by atoms with Crippen molar-refractivity contribution in [2.24, 2.45) is 11.8 Å². The van der Waals surface area contributed by atoms with E-state index in [9.17, 15) is 13.6 Å². The fourth-order valence-electron chi connectivity index (χ4n) is 3.38. The zero-order valence-electron chi connectivity index (χ0n) is 13.6. The lowest BCUT2D eigenvalue weighted by Gasteiger charge is -2.25. The third-order valence-electron chi connectivity index (χ3n) is 4.97. The fourth-order valence-corrected chi connectivity index (χ4v) is 3.38. The number of aromatic nitrogens is 1. The van der Waals surface area contributed by atoms with Gasteiger partial charge in [-0.25, -0.2) is 8.78 Å². The van der Waals surface area contributed by atoms with Crippen molar-refractivity contribution in [3.63, 3.8) is 0 Å². The number of rotatable bonds is 5. The molecule has 0 spiro atoms. The molecule has 0 bridgehead atoms. The summed E-state index contributed by atoms with van der Waals surface area (Å²) in [6.07, 6.45) is 9.26. The van der Waals surface area contributed by atoms with Crippen LogP contribution in [0.4, 0.5) is 8.78 Å². The number of hydrogen-bond donors (Lipinski definition) is 0. The maximum Gasteiger partial charge on any atom is 0.159 e. The summed E-state index contributed by atoms with van der Waals surface area (Å²) in [5.74, 6) is -0.755. The van der Waals surface area contributed by atoms with Crippen molar-refractivity contribution in [1.29, 1.82) is 0 Å². The Morgan fingerprint density at radius 2 is 1.83 bits per heavy atom. The Bertz CT molecular complexity index is 691. The summed E-state index contributed by atoms with van der Waals surface area (Å²) in [6, 6.07) is 7.68. The van der Waals surface area contributed by atoms with Gasteiger partial charge in [0.2, 0.25) is 0 Å². The Kier molecular flexibility index (Phi) is 5.34. The molecule has 0 amide bonds. The third-order valence-corrected chi connectivity index (χ3v) is 4.97. The van der Waals surface area contributed by atoms with E-state index in [0.717, 1.165) is 56.4 Å². The summed E-state index contributed by atoms with van der Waals surface area (Å²) in [5, 5.41) is 0. The maximum absolute atomic E-state index is 13.3. The van der Waals surface area contributed by atoms with Crippen molar-refractivity contribution in [3.05, 3.63) is 53.7 Å². The second-order valence-electron chi connectivity index (χ2n) is 6.64. The summed E-state index contributed by atoms with van der Waals surface area (Å²) < 4.78 is 26.3. The van der Waals surface area contributed by atoms with Crippen molar-refractivity contribution in [3.8, 4) is 11.3 Å². The van der Waals surface area contributed by atoms with Crippen LogP contribution in [0.5, 0.6) is 0 Å². The molecular weight excluding hydrogens is 308 g/mol. The highest BCUT2D eigenvalue weighted by Gasteiger charge is 2.20. The van der Waals surface area contributed by atoms with E-state index < -0.39 is 11.6 Å². The summed E-state index contributed by atoms with van der Waals surface area (Å²) in [7, 11) is 0. The smallest absolute Gasteiger partial charge is 0.159 e. The summed E-state index contributed by atoms with van der Waals surface area (Å²) >= 11 is 0. The number of halogens is 2. The normalized spacial score (nSPS) is 20.8. The lowest BCUT2D eigenvalue weighted by molar-refractivity contribution is -0.112. The highest BCUT2D eigenvalue weighted by Crippen LogP contribution is 2.30. The highest BCUT2D eigenvalue weighted by atomic mass is 19.2. The third kappa shape index (κ3) is 4.05. The van der Waals surface area contributed by atoms with Crippen LogP contribution >= 0.6 is 0 Å². The number of hydrogen-bond acceptors (Lipinski definition) is 2. The highest BCUT2D eigenvalue weighted by molar-refractivity contribution is 5.59. The lowest BCUT2D eigenvalue weighted by Crippen LogP contribution is -2.15. The molecule has 2 nitrogen and oxygen atoms in total. The van der Waals surface area contributed by atoms with Gasteiger partial charge in [0.05, 0.1) is 5.69 Å². The van der Waals surface area contributed by atoms with E-state index in [1.807, 2.05) is 18.3 Å². The number of nitrogens with zero attached hydrogens (tertiary/aromatic N) is 1. The van der Waals surface area contributed by atoms with Gasteiger partial charge in [-0.15, -0.1) is 0 Å². The van der Waals surface area contributed by atoms with Gasteiger partial charge in [0.1, 0.15) is 6.29 Å². The van der Waals surface area contributed by atoms with E-state index >= 15 is 0 Å². The molecule has 0 N–H and O–H groups in total. The SMILES string of the molecule is O=C[C@H]1CC[C@H](CCc2ccc(-c3ccc(F)c(F)c3)nc2)CC1. The number of pyridine rings is 1.